The normalized spacial score (nSPS) is 15.3. The highest BCUT2D eigenvalue weighted by Crippen LogP contribution is 2.06. The summed E-state index contributed by atoms with van der Waals surface area (Å²) in [4.78, 5) is 70.7. The van der Waals surface area contributed by atoms with Gasteiger partial charge in [-0.05, 0) is 31.8 Å². The molecule has 0 heterocycles. The maximum absolute atomic E-state index is 12.8. The van der Waals surface area contributed by atoms with Crippen molar-refractivity contribution in [2.75, 3.05) is 12.0 Å². The third-order valence-electron chi connectivity index (χ3n) is 4.33. The maximum atomic E-state index is 12.8. The Morgan fingerprint density at radius 3 is 1.88 bits per heavy atom. The van der Waals surface area contributed by atoms with Gasteiger partial charge in [0.05, 0.1) is 18.6 Å². The Hall–Kier alpha value is -2.91. The average molecular weight is 494 g/mol. The summed E-state index contributed by atoms with van der Waals surface area (Å²) in [6.45, 7) is 1.17. The summed E-state index contributed by atoms with van der Waals surface area (Å²) < 4.78 is 0. The van der Waals surface area contributed by atoms with E-state index in [1.54, 1.807) is 6.26 Å². The number of hydrogen-bond acceptors (Lipinski definition) is 9. The molecule has 10 N–H and O–H groups in total. The van der Waals surface area contributed by atoms with Crippen LogP contribution in [0.4, 0.5) is 0 Å². The topological polar surface area (TPSA) is 251 Å². The van der Waals surface area contributed by atoms with Gasteiger partial charge in [-0.2, -0.15) is 11.8 Å². The Kier molecular flexibility index (Phi) is 13.7. The molecule has 33 heavy (non-hydrogen) atoms. The number of nitrogens with two attached hydrogens (primary N) is 2. The van der Waals surface area contributed by atoms with Crippen molar-refractivity contribution in [1.82, 2.24) is 16.0 Å². The summed E-state index contributed by atoms with van der Waals surface area (Å²) in [7, 11) is 0. The predicted octanol–water partition coefficient (Wildman–Crippen LogP) is -3.27. The molecule has 14 nitrogen and oxygen atoms in total. The number of aliphatic carboxylic acids is 2. The van der Waals surface area contributed by atoms with Crippen LogP contribution in [-0.4, -0.2) is 93.2 Å². The summed E-state index contributed by atoms with van der Waals surface area (Å²) >= 11 is 1.34. The fourth-order valence-electron chi connectivity index (χ4n) is 2.54. The van der Waals surface area contributed by atoms with Gasteiger partial charge in [-0.1, -0.05) is 0 Å². The molecule has 0 spiro atoms. The van der Waals surface area contributed by atoms with Gasteiger partial charge in [0.25, 0.3) is 0 Å². The predicted molar refractivity (Wildman–Crippen MR) is 117 cm³/mol. The summed E-state index contributed by atoms with van der Waals surface area (Å²) in [5.74, 6) is -5.93. The number of carboxylic acids is 2. The number of carbonyl (C=O) groups excluding carboxylic acids is 4. The Morgan fingerprint density at radius 1 is 0.909 bits per heavy atom. The van der Waals surface area contributed by atoms with Crippen LogP contribution < -0.4 is 27.4 Å². The largest absolute Gasteiger partial charge is 0.481 e. The number of amides is 4. The van der Waals surface area contributed by atoms with Crippen LogP contribution in [0.2, 0.25) is 0 Å². The molecule has 4 amide bonds. The van der Waals surface area contributed by atoms with Crippen molar-refractivity contribution in [3.8, 4) is 0 Å². The van der Waals surface area contributed by atoms with Gasteiger partial charge in [-0.3, -0.25) is 24.0 Å². The number of rotatable bonds is 16. The van der Waals surface area contributed by atoms with E-state index in [9.17, 15) is 33.9 Å². The fourth-order valence-corrected chi connectivity index (χ4v) is 3.02. The highest BCUT2D eigenvalue weighted by molar-refractivity contribution is 7.98. The molecule has 0 aliphatic rings. The van der Waals surface area contributed by atoms with Gasteiger partial charge in [0.1, 0.15) is 12.1 Å². The van der Waals surface area contributed by atoms with Crippen molar-refractivity contribution in [1.29, 1.82) is 0 Å². The Balaban J connectivity index is 5.52. The first-order chi connectivity index (χ1) is 15.3. The lowest BCUT2D eigenvalue weighted by Gasteiger charge is -2.25. The lowest BCUT2D eigenvalue weighted by Crippen LogP contribution is -2.58. The summed E-state index contributed by atoms with van der Waals surface area (Å²) in [5, 5.41) is 34.4. The molecule has 0 rings (SSSR count). The molecule has 0 fully saturated rings. The van der Waals surface area contributed by atoms with E-state index in [4.69, 9.17) is 21.7 Å². The average Bonchev–Trinajstić information content (AvgIpc) is 2.70. The van der Waals surface area contributed by atoms with Gasteiger partial charge in [-0.25, -0.2) is 4.79 Å². The summed E-state index contributed by atoms with van der Waals surface area (Å²) in [6.07, 6.45) is -0.966. The van der Waals surface area contributed by atoms with E-state index in [1.165, 1.54) is 18.7 Å². The molecule has 0 aliphatic heterocycles. The van der Waals surface area contributed by atoms with Crippen LogP contribution in [0.15, 0.2) is 0 Å². The first-order valence-corrected chi connectivity index (χ1v) is 11.3. The highest BCUT2D eigenvalue weighted by Gasteiger charge is 2.32. The third kappa shape index (κ3) is 12.1. The van der Waals surface area contributed by atoms with Crippen molar-refractivity contribution in [3.05, 3.63) is 0 Å². The first kappa shape index (κ1) is 30.1. The number of nitrogens with one attached hydrogen (secondary N) is 3. The lowest BCUT2D eigenvalue weighted by atomic mass is 10.1. The number of hydrogen-bond donors (Lipinski definition) is 8. The van der Waals surface area contributed by atoms with E-state index in [-0.39, 0.29) is 12.8 Å². The number of carbonyl (C=O) groups is 6. The van der Waals surface area contributed by atoms with Gasteiger partial charge >= 0.3 is 11.9 Å². The number of thioether (sulfide) groups is 1. The quantitative estimate of drug-likeness (QED) is 0.106. The molecule has 0 aliphatic carbocycles. The zero-order chi connectivity index (χ0) is 25.7. The van der Waals surface area contributed by atoms with Crippen LogP contribution in [0.3, 0.4) is 0 Å². The van der Waals surface area contributed by atoms with Crippen molar-refractivity contribution < 1.29 is 44.1 Å². The van der Waals surface area contributed by atoms with Gasteiger partial charge in [0, 0.05) is 6.42 Å². The second kappa shape index (κ2) is 15.0. The molecule has 0 radical (unpaired) electrons. The molecule has 15 heteroatoms. The van der Waals surface area contributed by atoms with Gasteiger partial charge in [-0.15, -0.1) is 0 Å². The molecule has 0 bridgehead atoms. The highest BCUT2D eigenvalue weighted by atomic mass is 32.2. The third-order valence-corrected chi connectivity index (χ3v) is 4.97. The van der Waals surface area contributed by atoms with Crippen LogP contribution >= 0.6 is 11.8 Å². The molecular formula is C18H31N5O9S. The van der Waals surface area contributed by atoms with Crippen LogP contribution in [-0.2, 0) is 28.8 Å². The second-order valence-electron chi connectivity index (χ2n) is 7.18. The number of aliphatic hydroxyl groups excluding tert-OH is 1. The lowest BCUT2D eigenvalue weighted by molar-refractivity contribution is -0.145. The van der Waals surface area contributed by atoms with E-state index < -0.39 is 78.7 Å². The molecular weight excluding hydrogens is 462 g/mol. The summed E-state index contributed by atoms with van der Waals surface area (Å²) in [6, 6.07) is -5.65. The molecule has 5 atom stereocenters. The van der Waals surface area contributed by atoms with Crippen LogP contribution in [0.5, 0.6) is 0 Å². The second-order valence-corrected chi connectivity index (χ2v) is 8.16. The SMILES string of the molecule is CSCCC(NC(=O)C(CCC(=O)O)NC(=O)C(N)CC(N)=O)C(=O)NC(C(=O)O)C(C)O. The van der Waals surface area contributed by atoms with Gasteiger partial charge in [0.2, 0.25) is 23.6 Å². The van der Waals surface area contributed by atoms with E-state index in [1.807, 2.05) is 0 Å². The van der Waals surface area contributed by atoms with Crippen molar-refractivity contribution in [2.24, 2.45) is 11.5 Å². The maximum Gasteiger partial charge on any atom is 0.328 e. The van der Waals surface area contributed by atoms with Crippen LogP contribution in [0.25, 0.3) is 0 Å². The molecule has 0 saturated carbocycles. The van der Waals surface area contributed by atoms with E-state index >= 15 is 0 Å². The van der Waals surface area contributed by atoms with E-state index in [0.717, 1.165) is 0 Å². The van der Waals surface area contributed by atoms with Crippen molar-refractivity contribution >= 4 is 47.3 Å². The molecule has 0 aromatic carbocycles. The molecule has 5 unspecified atom stereocenters. The Morgan fingerprint density at radius 2 is 1.42 bits per heavy atom. The monoisotopic (exact) mass is 493 g/mol. The zero-order valence-corrected chi connectivity index (χ0v) is 19.1. The molecule has 0 aromatic rings. The minimum atomic E-state index is -1.62. The van der Waals surface area contributed by atoms with Crippen LogP contribution in [0, 0.1) is 0 Å². The number of primary amides is 1. The Labute approximate surface area is 194 Å². The van der Waals surface area contributed by atoms with Crippen molar-refractivity contribution in [2.45, 2.75) is 62.9 Å². The summed E-state index contributed by atoms with van der Waals surface area (Å²) in [5.41, 5.74) is 10.5. The smallest absolute Gasteiger partial charge is 0.328 e. The van der Waals surface area contributed by atoms with Crippen LogP contribution in [0.1, 0.15) is 32.6 Å². The molecule has 0 aromatic heterocycles. The Bertz CT molecular complexity index is 734. The van der Waals surface area contributed by atoms with Gasteiger partial charge < -0.3 is 42.7 Å². The number of aliphatic hydroxyl groups is 1. The van der Waals surface area contributed by atoms with Crippen molar-refractivity contribution in [3.63, 3.8) is 0 Å². The minimum Gasteiger partial charge on any atom is -0.481 e. The molecule has 0 saturated heterocycles. The zero-order valence-electron chi connectivity index (χ0n) is 18.3. The van der Waals surface area contributed by atoms with E-state index in [2.05, 4.69) is 16.0 Å². The molecule has 188 valence electrons. The minimum absolute atomic E-state index is 0.0751. The van der Waals surface area contributed by atoms with E-state index in [0.29, 0.717) is 5.75 Å². The van der Waals surface area contributed by atoms with Gasteiger partial charge in [0.15, 0.2) is 6.04 Å². The standard InChI is InChI=1S/C18H31N5O9S/c1-8(24)14(18(31)32)23-17(30)11(5-6-33-2)22-16(29)10(3-4-13(26)27)21-15(28)9(19)7-12(20)25/h8-11,14,24H,3-7,19H2,1-2H3,(H2,20,25)(H,21,28)(H,22,29)(H,23,30)(H,26,27)(H,31,32). The fraction of sp³-hybridized carbons (Fsp3) is 0.667. The first-order valence-electron chi connectivity index (χ1n) is 9.86. The number of carboxylic acid groups (broad SMARTS) is 2.